The number of carbonyl (C=O) groups is 1. The van der Waals surface area contributed by atoms with E-state index in [9.17, 15) is 4.79 Å². The Bertz CT molecular complexity index is 444. The van der Waals surface area contributed by atoms with Gasteiger partial charge in [0.05, 0.1) is 6.61 Å². The number of carbonyl (C=O) groups excluding carboxylic acids is 1. The van der Waals surface area contributed by atoms with Crippen LogP contribution in [0.1, 0.15) is 19.4 Å². The van der Waals surface area contributed by atoms with Gasteiger partial charge in [-0.3, -0.25) is 0 Å². The predicted molar refractivity (Wildman–Crippen MR) is 77.4 cm³/mol. The van der Waals surface area contributed by atoms with E-state index in [4.69, 9.17) is 4.74 Å². The van der Waals surface area contributed by atoms with Crippen LogP contribution in [0, 0.1) is 0 Å². The lowest BCUT2D eigenvalue weighted by atomic mass is 10.1. The van der Waals surface area contributed by atoms with Crippen LogP contribution in [0.2, 0.25) is 0 Å². The minimum absolute atomic E-state index is 0.301. The SMILES string of the molecule is CCOC(=O)C=CC=C(C)Cc1ccc(Br)cc1. The maximum absolute atomic E-state index is 11.1. The highest BCUT2D eigenvalue weighted by Crippen LogP contribution is 2.13. The molecule has 0 amide bonds. The lowest BCUT2D eigenvalue weighted by molar-refractivity contribution is -0.137. The van der Waals surface area contributed by atoms with Gasteiger partial charge >= 0.3 is 5.97 Å². The first-order valence-electron chi connectivity index (χ1n) is 5.87. The molecule has 0 aliphatic carbocycles. The molecule has 0 unspecified atom stereocenters. The van der Waals surface area contributed by atoms with Crippen LogP contribution in [-0.2, 0) is 16.0 Å². The van der Waals surface area contributed by atoms with Gasteiger partial charge in [-0.2, -0.15) is 0 Å². The van der Waals surface area contributed by atoms with Crippen LogP contribution < -0.4 is 0 Å². The van der Waals surface area contributed by atoms with E-state index in [0.717, 1.165) is 10.9 Å². The molecule has 0 aliphatic heterocycles. The third-order valence-corrected chi connectivity index (χ3v) is 2.82. The molecule has 0 heterocycles. The topological polar surface area (TPSA) is 26.3 Å². The van der Waals surface area contributed by atoms with Gasteiger partial charge in [-0.15, -0.1) is 0 Å². The Labute approximate surface area is 116 Å². The number of benzene rings is 1. The van der Waals surface area contributed by atoms with E-state index in [2.05, 4.69) is 28.1 Å². The molecule has 0 aliphatic rings. The molecule has 1 rings (SSSR count). The molecule has 0 N–H and O–H groups in total. The molecule has 0 bridgehead atoms. The fraction of sp³-hybridized carbons (Fsp3) is 0.267. The second-order valence-corrected chi connectivity index (χ2v) is 4.84. The largest absolute Gasteiger partial charge is 0.463 e. The highest BCUT2D eigenvalue weighted by atomic mass is 79.9. The first-order chi connectivity index (χ1) is 8.61. The molecule has 0 saturated heterocycles. The highest BCUT2D eigenvalue weighted by Gasteiger charge is 1.95. The van der Waals surface area contributed by atoms with E-state index in [1.807, 2.05) is 25.1 Å². The van der Waals surface area contributed by atoms with Gasteiger partial charge < -0.3 is 4.74 Å². The molecule has 0 aromatic heterocycles. The normalized spacial score (nSPS) is 11.8. The van der Waals surface area contributed by atoms with Crippen LogP contribution in [0.3, 0.4) is 0 Å². The standard InChI is InChI=1S/C15H17BrO2/c1-3-18-15(17)6-4-5-12(2)11-13-7-9-14(16)10-8-13/h4-10H,3,11H2,1-2H3. The summed E-state index contributed by atoms with van der Waals surface area (Å²) in [5, 5.41) is 0. The fourth-order valence-corrected chi connectivity index (χ4v) is 1.73. The zero-order valence-electron chi connectivity index (χ0n) is 10.7. The van der Waals surface area contributed by atoms with Crippen molar-refractivity contribution < 1.29 is 9.53 Å². The summed E-state index contributed by atoms with van der Waals surface area (Å²) in [5.74, 6) is -0.301. The molecule has 0 atom stereocenters. The van der Waals surface area contributed by atoms with E-state index in [0.29, 0.717) is 6.61 Å². The number of allylic oxidation sites excluding steroid dienone is 3. The average molecular weight is 309 g/mol. The van der Waals surface area contributed by atoms with Crippen molar-refractivity contribution in [2.45, 2.75) is 20.3 Å². The van der Waals surface area contributed by atoms with Crippen molar-refractivity contribution in [1.82, 2.24) is 0 Å². The second kappa shape index (κ2) is 7.88. The first-order valence-corrected chi connectivity index (χ1v) is 6.66. The number of esters is 1. The van der Waals surface area contributed by atoms with Gasteiger partial charge in [-0.25, -0.2) is 4.79 Å². The lowest BCUT2D eigenvalue weighted by Crippen LogP contribution is -1.98. The minimum atomic E-state index is -0.301. The fourth-order valence-electron chi connectivity index (χ4n) is 1.46. The van der Waals surface area contributed by atoms with Crippen molar-refractivity contribution >= 4 is 21.9 Å². The quantitative estimate of drug-likeness (QED) is 0.466. The average Bonchev–Trinajstić information content (AvgIpc) is 2.32. The Kier molecular flexibility index (Phi) is 6.44. The van der Waals surface area contributed by atoms with Gasteiger partial charge in [-0.05, 0) is 38.0 Å². The molecule has 0 radical (unpaired) electrons. The van der Waals surface area contributed by atoms with Crippen LogP contribution >= 0.6 is 15.9 Å². The van der Waals surface area contributed by atoms with E-state index in [-0.39, 0.29) is 5.97 Å². The van der Waals surface area contributed by atoms with Crippen LogP contribution in [0.15, 0.2) is 52.5 Å². The minimum Gasteiger partial charge on any atom is -0.463 e. The summed E-state index contributed by atoms with van der Waals surface area (Å²) in [6, 6.07) is 8.21. The Balaban J connectivity index is 2.52. The molecule has 0 saturated carbocycles. The van der Waals surface area contributed by atoms with Crippen molar-refractivity contribution in [1.29, 1.82) is 0 Å². The predicted octanol–water partition coefficient (Wildman–Crippen LogP) is 4.06. The van der Waals surface area contributed by atoms with Gasteiger partial charge in [0.15, 0.2) is 0 Å². The molecule has 96 valence electrons. The molecule has 18 heavy (non-hydrogen) atoms. The summed E-state index contributed by atoms with van der Waals surface area (Å²) in [6.07, 6.45) is 5.97. The van der Waals surface area contributed by atoms with Crippen LogP contribution in [0.25, 0.3) is 0 Å². The monoisotopic (exact) mass is 308 g/mol. The number of rotatable bonds is 5. The molecular weight excluding hydrogens is 292 g/mol. The molecular formula is C15H17BrO2. The molecule has 0 fully saturated rings. The first kappa shape index (κ1) is 14.7. The Morgan fingerprint density at radius 3 is 2.61 bits per heavy atom. The maximum atomic E-state index is 11.1. The van der Waals surface area contributed by atoms with Crippen molar-refractivity contribution in [3.05, 3.63) is 58.1 Å². The van der Waals surface area contributed by atoms with Crippen LogP contribution in [-0.4, -0.2) is 12.6 Å². The van der Waals surface area contributed by atoms with E-state index in [1.54, 1.807) is 13.0 Å². The smallest absolute Gasteiger partial charge is 0.330 e. The van der Waals surface area contributed by atoms with Gasteiger partial charge in [0.25, 0.3) is 0 Å². The summed E-state index contributed by atoms with van der Waals surface area (Å²) >= 11 is 3.41. The van der Waals surface area contributed by atoms with Gasteiger partial charge in [-0.1, -0.05) is 45.8 Å². The zero-order chi connectivity index (χ0) is 13.4. The number of ether oxygens (including phenoxy) is 1. The van der Waals surface area contributed by atoms with Gasteiger partial charge in [0.1, 0.15) is 0 Å². The van der Waals surface area contributed by atoms with E-state index in [1.165, 1.54) is 17.2 Å². The van der Waals surface area contributed by atoms with Crippen LogP contribution in [0.4, 0.5) is 0 Å². The van der Waals surface area contributed by atoms with Crippen molar-refractivity contribution in [2.75, 3.05) is 6.61 Å². The molecule has 3 heteroatoms. The second-order valence-electron chi connectivity index (χ2n) is 3.93. The summed E-state index contributed by atoms with van der Waals surface area (Å²) in [5.41, 5.74) is 2.44. The highest BCUT2D eigenvalue weighted by molar-refractivity contribution is 9.10. The maximum Gasteiger partial charge on any atom is 0.330 e. The van der Waals surface area contributed by atoms with E-state index >= 15 is 0 Å². The van der Waals surface area contributed by atoms with Crippen molar-refractivity contribution in [2.24, 2.45) is 0 Å². The number of hydrogen-bond acceptors (Lipinski definition) is 2. The van der Waals surface area contributed by atoms with Gasteiger partial charge in [0, 0.05) is 10.5 Å². The van der Waals surface area contributed by atoms with Crippen molar-refractivity contribution in [3.63, 3.8) is 0 Å². The Hall–Kier alpha value is -1.35. The molecule has 1 aromatic rings. The Morgan fingerprint density at radius 2 is 2.00 bits per heavy atom. The van der Waals surface area contributed by atoms with Crippen LogP contribution in [0.5, 0.6) is 0 Å². The summed E-state index contributed by atoms with van der Waals surface area (Å²) in [6.45, 7) is 4.24. The molecule has 2 nitrogen and oxygen atoms in total. The summed E-state index contributed by atoms with van der Waals surface area (Å²) in [7, 11) is 0. The Morgan fingerprint density at radius 1 is 1.33 bits per heavy atom. The number of hydrogen-bond donors (Lipinski definition) is 0. The third kappa shape index (κ3) is 5.82. The van der Waals surface area contributed by atoms with Crippen molar-refractivity contribution in [3.8, 4) is 0 Å². The third-order valence-electron chi connectivity index (χ3n) is 2.30. The molecule has 1 aromatic carbocycles. The van der Waals surface area contributed by atoms with Gasteiger partial charge in [0.2, 0.25) is 0 Å². The molecule has 0 spiro atoms. The van der Waals surface area contributed by atoms with E-state index < -0.39 is 0 Å². The lowest BCUT2D eigenvalue weighted by Gasteiger charge is -2.01. The summed E-state index contributed by atoms with van der Waals surface area (Å²) in [4.78, 5) is 11.1. The number of halogens is 1. The zero-order valence-corrected chi connectivity index (χ0v) is 12.2. The summed E-state index contributed by atoms with van der Waals surface area (Å²) < 4.78 is 5.87.